The summed E-state index contributed by atoms with van der Waals surface area (Å²) in [5.74, 6) is 1.63. The molecule has 3 aromatic rings. The summed E-state index contributed by atoms with van der Waals surface area (Å²) in [6, 6.07) is 13.5. The number of aromatic nitrogens is 1. The van der Waals surface area contributed by atoms with Crippen LogP contribution in [-0.4, -0.2) is 28.8 Å². The number of fused-ring (bicyclic) bond motifs is 4. The summed E-state index contributed by atoms with van der Waals surface area (Å²) in [5.41, 5.74) is 9.05. The summed E-state index contributed by atoms with van der Waals surface area (Å²) in [6.07, 6.45) is 4.20. The number of hydrogen-bond acceptors (Lipinski definition) is 5. The highest BCUT2D eigenvalue weighted by atomic mass is 35.5. The molecule has 1 amide bonds. The van der Waals surface area contributed by atoms with Crippen molar-refractivity contribution in [3.63, 3.8) is 0 Å². The third-order valence-electron chi connectivity index (χ3n) is 5.95. The number of amides is 1. The van der Waals surface area contributed by atoms with Crippen molar-refractivity contribution < 1.29 is 9.53 Å². The largest absolute Gasteiger partial charge is 0.457 e. The Hall–Kier alpha value is -3.38. The van der Waals surface area contributed by atoms with E-state index in [0.717, 1.165) is 23.1 Å². The Morgan fingerprint density at radius 3 is 2.44 bits per heavy atom. The molecule has 3 heterocycles. The number of nitrogens with two attached hydrogens (primary N) is 1. The van der Waals surface area contributed by atoms with Crippen LogP contribution in [0, 0.1) is 5.92 Å². The molecule has 0 aliphatic carbocycles. The van der Waals surface area contributed by atoms with E-state index in [0.29, 0.717) is 33.6 Å². The van der Waals surface area contributed by atoms with Crippen LogP contribution in [-0.2, 0) is 16.8 Å². The normalized spacial score (nSPS) is 19.1. The molecule has 2 aliphatic rings. The quantitative estimate of drug-likeness (QED) is 0.630. The number of guanidine groups is 1. The molecule has 1 atom stereocenters. The first-order chi connectivity index (χ1) is 15.3. The van der Waals surface area contributed by atoms with E-state index in [9.17, 15) is 4.79 Å². The fourth-order valence-corrected chi connectivity index (χ4v) is 4.63. The monoisotopic (exact) mass is 446 g/mol. The summed E-state index contributed by atoms with van der Waals surface area (Å²) >= 11 is 6.16. The first-order valence-corrected chi connectivity index (χ1v) is 10.9. The molecular formula is C25H23ClN4O2. The van der Waals surface area contributed by atoms with Crippen LogP contribution in [0.4, 0.5) is 0 Å². The van der Waals surface area contributed by atoms with Crippen LogP contribution >= 0.6 is 11.6 Å². The molecule has 0 fully saturated rings. The van der Waals surface area contributed by atoms with E-state index in [2.05, 4.69) is 18.8 Å². The lowest BCUT2D eigenvalue weighted by Gasteiger charge is -2.34. The van der Waals surface area contributed by atoms with E-state index in [-0.39, 0.29) is 11.9 Å². The second kappa shape index (κ2) is 7.35. The van der Waals surface area contributed by atoms with Crippen LogP contribution in [0.5, 0.6) is 11.5 Å². The molecule has 0 saturated carbocycles. The average molecular weight is 447 g/mol. The maximum absolute atomic E-state index is 13.7. The van der Waals surface area contributed by atoms with Crippen molar-refractivity contribution in [3.05, 3.63) is 76.6 Å². The van der Waals surface area contributed by atoms with Gasteiger partial charge >= 0.3 is 0 Å². The van der Waals surface area contributed by atoms with Crippen molar-refractivity contribution in [2.24, 2.45) is 16.6 Å². The molecule has 5 rings (SSSR count). The highest BCUT2D eigenvalue weighted by Crippen LogP contribution is 2.52. The SMILES string of the molecule is CC(C)Cc1ccc2c(c1)C1(N=C(N)N(C)C1=O)c1cc(-c3cncc(Cl)c3)ccc1O2. The van der Waals surface area contributed by atoms with Crippen molar-refractivity contribution >= 4 is 23.5 Å². The Bertz CT molecular complexity index is 1290. The number of carbonyl (C=O) groups is 1. The van der Waals surface area contributed by atoms with E-state index in [1.165, 1.54) is 4.90 Å². The van der Waals surface area contributed by atoms with Gasteiger partial charge in [-0.25, -0.2) is 4.99 Å². The van der Waals surface area contributed by atoms with E-state index in [1.54, 1.807) is 19.4 Å². The minimum atomic E-state index is -1.29. The number of pyridine rings is 1. The van der Waals surface area contributed by atoms with Crippen molar-refractivity contribution in [2.45, 2.75) is 25.8 Å². The molecule has 0 saturated heterocycles. The van der Waals surface area contributed by atoms with Gasteiger partial charge in [0.1, 0.15) is 11.5 Å². The van der Waals surface area contributed by atoms with Gasteiger partial charge in [0.15, 0.2) is 5.96 Å². The Balaban J connectivity index is 1.76. The molecule has 6 nitrogen and oxygen atoms in total. The van der Waals surface area contributed by atoms with Crippen LogP contribution in [0.25, 0.3) is 11.1 Å². The van der Waals surface area contributed by atoms with E-state index in [1.807, 2.05) is 42.5 Å². The number of aliphatic imine (C=N–C) groups is 1. The second-order valence-electron chi connectivity index (χ2n) is 8.68. The Kier molecular flexibility index (Phi) is 4.71. The van der Waals surface area contributed by atoms with Gasteiger partial charge in [-0.15, -0.1) is 0 Å². The smallest absolute Gasteiger partial charge is 0.266 e. The van der Waals surface area contributed by atoms with Gasteiger partial charge in [-0.2, -0.15) is 0 Å². The van der Waals surface area contributed by atoms with Crippen molar-refractivity contribution in [2.75, 3.05) is 7.05 Å². The van der Waals surface area contributed by atoms with Crippen molar-refractivity contribution in [1.82, 2.24) is 9.88 Å². The molecule has 0 radical (unpaired) electrons. The lowest BCUT2D eigenvalue weighted by atomic mass is 9.78. The Labute approximate surface area is 191 Å². The molecule has 1 spiro atoms. The van der Waals surface area contributed by atoms with Gasteiger partial charge in [0.05, 0.1) is 5.02 Å². The standard InChI is InChI=1S/C25H23ClN4O2/c1-14(2)8-15-4-6-21-19(9-15)25(23(31)30(3)24(27)29-25)20-11-16(5-7-22(20)32-21)17-10-18(26)13-28-12-17/h4-7,9-14H,8H2,1-3H3,(H2,27,29). The predicted octanol–water partition coefficient (Wildman–Crippen LogP) is 4.74. The number of likely N-dealkylation sites (N-methyl/N-ethyl adjacent to an activating group) is 1. The zero-order valence-corrected chi connectivity index (χ0v) is 18.8. The number of benzene rings is 2. The molecule has 32 heavy (non-hydrogen) atoms. The van der Waals surface area contributed by atoms with Crippen LogP contribution in [0.3, 0.4) is 0 Å². The first-order valence-electron chi connectivity index (χ1n) is 10.5. The van der Waals surface area contributed by atoms with Crippen molar-refractivity contribution in [1.29, 1.82) is 0 Å². The van der Waals surface area contributed by atoms with Crippen LogP contribution in [0.1, 0.15) is 30.5 Å². The predicted molar refractivity (Wildman–Crippen MR) is 125 cm³/mol. The number of ether oxygens (including phenoxy) is 1. The average Bonchev–Trinajstić information content (AvgIpc) is 2.98. The zero-order chi connectivity index (χ0) is 22.6. The molecule has 7 heteroatoms. The first kappa shape index (κ1) is 20.5. The van der Waals surface area contributed by atoms with Crippen LogP contribution in [0.2, 0.25) is 5.02 Å². The second-order valence-corrected chi connectivity index (χ2v) is 9.11. The number of carbonyl (C=O) groups excluding carboxylic acids is 1. The molecule has 2 N–H and O–H groups in total. The van der Waals surface area contributed by atoms with Gasteiger partial charge < -0.3 is 10.5 Å². The van der Waals surface area contributed by atoms with Gasteiger partial charge in [-0.3, -0.25) is 14.7 Å². The molecule has 2 aliphatic heterocycles. The zero-order valence-electron chi connectivity index (χ0n) is 18.1. The molecule has 2 aromatic carbocycles. The number of halogens is 1. The Morgan fingerprint density at radius 1 is 1.06 bits per heavy atom. The molecule has 1 aromatic heterocycles. The van der Waals surface area contributed by atoms with E-state index >= 15 is 0 Å². The third-order valence-corrected chi connectivity index (χ3v) is 6.15. The number of nitrogens with zero attached hydrogens (tertiary/aromatic N) is 3. The van der Waals surface area contributed by atoms with Gasteiger partial charge in [-0.05, 0) is 53.8 Å². The fourth-order valence-electron chi connectivity index (χ4n) is 4.45. The fraction of sp³-hybridized carbons (Fsp3) is 0.240. The van der Waals surface area contributed by atoms with Gasteiger partial charge in [0, 0.05) is 36.1 Å². The molecule has 1 unspecified atom stereocenters. The molecule has 0 bridgehead atoms. The summed E-state index contributed by atoms with van der Waals surface area (Å²) in [4.78, 5) is 24.0. The van der Waals surface area contributed by atoms with Crippen LogP contribution in [0.15, 0.2) is 59.9 Å². The highest BCUT2D eigenvalue weighted by Gasteiger charge is 2.54. The Morgan fingerprint density at radius 2 is 1.78 bits per heavy atom. The topological polar surface area (TPSA) is 80.8 Å². The third kappa shape index (κ3) is 3.06. The minimum absolute atomic E-state index is 0.179. The van der Waals surface area contributed by atoms with Gasteiger partial charge in [-0.1, -0.05) is 37.6 Å². The number of hydrogen-bond donors (Lipinski definition) is 1. The maximum Gasteiger partial charge on any atom is 0.266 e. The summed E-state index contributed by atoms with van der Waals surface area (Å²) in [7, 11) is 1.65. The highest BCUT2D eigenvalue weighted by molar-refractivity contribution is 6.30. The van der Waals surface area contributed by atoms with E-state index < -0.39 is 5.54 Å². The number of rotatable bonds is 3. The maximum atomic E-state index is 13.7. The van der Waals surface area contributed by atoms with Crippen molar-refractivity contribution in [3.8, 4) is 22.6 Å². The summed E-state index contributed by atoms with van der Waals surface area (Å²) in [6.45, 7) is 4.33. The lowest BCUT2D eigenvalue weighted by molar-refractivity contribution is -0.129. The van der Waals surface area contributed by atoms with Gasteiger partial charge in [0.25, 0.3) is 5.91 Å². The van der Waals surface area contributed by atoms with Crippen LogP contribution < -0.4 is 10.5 Å². The summed E-state index contributed by atoms with van der Waals surface area (Å²) in [5, 5.41) is 0.536. The van der Waals surface area contributed by atoms with E-state index in [4.69, 9.17) is 27.1 Å². The lowest BCUT2D eigenvalue weighted by Crippen LogP contribution is -2.42. The minimum Gasteiger partial charge on any atom is -0.457 e. The molecular weight excluding hydrogens is 424 g/mol. The molecule has 162 valence electrons. The van der Waals surface area contributed by atoms with Gasteiger partial charge in [0.2, 0.25) is 5.54 Å². The summed E-state index contributed by atoms with van der Waals surface area (Å²) < 4.78 is 6.24.